The highest BCUT2D eigenvalue weighted by Crippen LogP contribution is 2.24. The lowest BCUT2D eigenvalue weighted by Crippen LogP contribution is -2.21. The Morgan fingerprint density at radius 2 is 2.20 bits per heavy atom. The lowest BCUT2D eigenvalue weighted by Gasteiger charge is -2.12. The summed E-state index contributed by atoms with van der Waals surface area (Å²) in [5.74, 6) is -0.946. The van der Waals surface area contributed by atoms with Gasteiger partial charge in [-0.25, -0.2) is 4.39 Å². The Kier molecular flexibility index (Phi) is 4.17. The average Bonchev–Trinajstić information content (AvgIpc) is 2.21. The molecule has 0 heterocycles. The minimum atomic E-state index is -0.668. The third-order valence-corrected chi connectivity index (χ3v) is 2.36. The lowest BCUT2D eigenvalue weighted by molar-refractivity contribution is 0.211. The molecular formula is C10H13ClFNO2. The third-order valence-electron chi connectivity index (χ3n) is 2.00. The van der Waals surface area contributed by atoms with Crippen molar-refractivity contribution in [2.24, 2.45) is 0 Å². The van der Waals surface area contributed by atoms with Crippen molar-refractivity contribution in [3.05, 3.63) is 23.5 Å². The summed E-state index contributed by atoms with van der Waals surface area (Å²) < 4.78 is 12.9. The Hall–Kier alpha value is -1.00. The maximum absolute atomic E-state index is 12.9. The van der Waals surface area contributed by atoms with Gasteiger partial charge in [-0.2, -0.15) is 0 Å². The minimum absolute atomic E-state index is 0.124. The Morgan fingerprint density at radius 1 is 1.53 bits per heavy atom. The molecule has 84 valence electrons. The highest BCUT2D eigenvalue weighted by molar-refractivity contribution is 6.18. The Bertz CT molecular complexity index is 346. The van der Waals surface area contributed by atoms with Crippen LogP contribution in [0.3, 0.4) is 0 Å². The van der Waals surface area contributed by atoms with E-state index in [0.29, 0.717) is 11.3 Å². The Labute approximate surface area is 92.5 Å². The number of benzene rings is 1. The molecule has 0 aliphatic heterocycles. The molecule has 1 aromatic carbocycles. The summed E-state index contributed by atoms with van der Waals surface area (Å²) in [6, 6.07) is 2.51. The Balaban J connectivity index is 2.73. The molecule has 0 aromatic heterocycles. The molecule has 0 aliphatic rings. The highest BCUT2D eigenvalue weighted by Gasteiger charge is 2.07. The molecule has 0 fully saturated rings. The first-order valence-corrected chi connectivity index (χ1v) is 5.05. The number of alkyl halides is 1. The van der Waals surface area contributed by atoms with Crippen LogP contribution >= 0.6 is 11.6 Å². The number of nitrogens with one attached hydrogen (secondary N) is 1. The maximum Gasteiger partial charge on any atom is 0.165 e. The van der Waals surface area contributed by atoms with Crippen molar-refractivity contribution < 1.29 is 14.6 Å². The molecule has 1 atom stereocenters. The number of rotatable bonds is 4. The summed E-state index contributed by atoms with van der Waals surface area (Å²) in [5.41, 5.74) is 1.24. The molecule has 1 unspecified atom stereocenters. The molecular weight excluding hydrogens is 221 g/mol. The zero-order chi connectivity index (χ0) is 11.4. The zero-order valence-corrected chi connectivity index (χ0v) is 9.05. The van der Waals surface area contributed by atoms with Gasteiger partial charge in [-0.15, -0.1) is 11.6 Å². The average molecular weight is 234 g/mol. The van der Waals surface area contributed by atoms with Crippen LogP contribution in [0, 0.1) is 12.7 Å². The van der Waals surface area contributed by atoms with E-state index < -0.39 is 17.7 Å². The minimum Gasteiger partial charge on any atom is -0.505 e. The standard InChI is InChI=1S/C10H13ClFNO2/c1-6-2-8(12)10(15)3-9(6)13-5-7(14)4-11/h2-3,7,13-15H,4-5H2,1H3. The summed E-state index contributed by atoms with van der Waals surface area (Å²) in [6.07, 6.45) is -0.668. The van der Waals surface area contributed by atoms with Gasteiger partial charge in [0.25, 0.3) is 0 Å². The molecule has 0 spiro atoms. The van der Waals surface area contributed by atoms with Crippen LogP contribution < -0.4 is 5.32 Å². The zero-order valence-electron chi connectivity index (χ0n) is 8.30. The predicted molar refractivity (Wildman–Crippen MR) is 58.0 cm³/mol. The lowest BCUT2D eigenvalue weighted by atomic mass is 10.2. The van der Waals surface area contributed by atoms with Crippen LogP contribution in [0.5, 0.6) is 5.75 Å². The third kappa shape index (κ3) is 3.25. The molecule has 0 radical (unpaired) electrons. The largest absolute Gasteiger partial charge is 0.505 e. The maximum atomic E-state index is 12.9. The van der Waals surface area contributed by atoms with E-state index in [9.17, 15) is 9.50 Å². The van der Waals surface area contributed by atoms with E-state index in [1.54, 1.807) is 6.92 Å². The SMILES string of the molecule is Cc1cc(F)c(O)cc1NCC(O)CCl. The van der Waals surface area contributed by atoms with Crippen molar-refractivity contribution in [1.82, 2.24) is 0 Å². The van der Waals surface area contributed by atoms with E-state index in [-0.39, 0.29) is 12.4 Å². The number of hydrogen-bond acceptors (Lipinski definition) is 3. The quantitative estimate of drug-likeness (QED) is 0.696. The second-order valence-corrected chi connectivity index (χ2v) is 3.62. The summed E-state index contributed by atoms with van der Waals surface area (Å²) in [7, 11) is 0. The number of aliphatic hydroxyl groups excluding tert-OH is 1. The number of halogens is 2. The van der Waals surface area contributed by atoms with E-state index >= 15 is 0 Å². The van der Waals surface area contributed by atoms with Crippen LogP contribution in [0.25, 0.3) is 0 Å². The van der Waals surface area contributed by atoms with Gasteiger partial charge in [0.2, 0.25) is 0 Å². The number of aliphatic hydroxyl groups is 1. The van der Waals surface area contributed by atoms with Crippen LogP contribution in [0.1, 0.15) is 5.56 Å². The monoisotopic (exact) mass is 233 g/mol. The van der Waals surface area contributed by atoms with Gasteiger partial charge in [0.1, 0.15) is 0 Å². The van der Waals surface area contributed by atoms with Crippen LogP contribution in [-0.4, -0.2) is 28.7 Å². The molecule has 0 saturated carbocycles. The second-order valence-electron chi connectivity index (χ2n) is 3.31. The molecule has 0 aliphatic carbocycles. The van der Waals surface area contributed by atoms with Crippen LogP contribution in [0.15, 0.2) is 12.1 Å². The summed E-state index contributed by atoms with van der Waals surface area (Å²) in [4.78, 5) is 0. The molecule has 0 amide bonds. The summed E-state index contributed by atoms with van der Waals surface area (Å²) in [6.45, 7) is 1.97. The summed E-state index contributed by atoms with van der Waals surface area (Å²) in [5, 5.41) is 21.2. The van der Waals surface area contributed by atoms with Crippen molar-refractivity contribution in [1.29, 1.82) is 0 Å². The van der Waals surface area contributed by atoms with Crippen molar-refractivity contribution in [2.75, 3.05) is 17.7 Å². The molecule has 0 bridgehead atoms. The molecule has 1 aromatic rings. The number of aryl methyl sites for hydroxylation is 1. The first-order valence-electron chi connectivity index (χ1n) is 4.51. The van der Waals surface area contributed by atoms with E-state index in [1.807, 2.05) is 0 Å². The van der Waals surface area contributed by atoms with E-state index in [4.69, 9.17) is 16.7 Å². The molecule has 5 heteroatoms. The van der Waals surface area contributed by atoms with Crippen LogP contribution in [0.4, 0.5) is 10.1 Å². The van der Waals surface area contributed by atoms with Gasteiger partial charge >= 0.3 is 0 Å². The first-order chi connectivity index (χ1) is 7.04. The Morgan fingerprint density at radius 3 is 2.80 bits per heavy atom. The number of aromatic hydroxyl groups is 1. The fraction of sp³-hybridized carbons (Fsp3) is 0.400. The molecule has 3 nitrogen and oxygen atoms in total. The predicted octanol–water partition coefficient (Wildman–Crippen LogP) is 1.85. The van der Waals surface area contributed by atoms with E-state index in [1.165, 1.54) is 12.1 Å². The molecule has 15 heavy (non-hydrogen) atoms. The topological polar surface area (TPSA) is 52.5 Å². The number of anilines is 1. The van der Waals surface area contributed by atoms with Gasteiger partial charge in [0.15, 0.2) is 11.6 Å². The van der Waals surface area contributed by atoms with Crippen LogP contribution in [0.2, 0.25) is 0 Å². The van der Waals surface area contributed by atoms with Gasteiger partial charge in [-0.05, 0) is 18.6 Å². The smallest absolute Gasteiger partial charge is 0.165 e. The van der Waals surface area contributed by atoms with Crippen molar-refractivity contribution in [3.63, 3.8) is 0 Å². The fourth-order valence-corrected chi connectivity index (χ4v) is 1.24. The number of hydrogen-bond donors (Lipinski definition) is 3. The van der Waals surface area contributed by atoms with Crippen molar-refractivity contribution in [2.45, 2.75) is 13.0 Å². The molecule has 3 N–H and O–H groups in total. The normalized spacial score (nSPS) is 12.5. The van der Waals surface area contributed by atoms with Gasteiger partial charge in [-0.1, -0.05) is 0 Å². The highest BCUT2D eigenvalue weighted by atomic mass is 35.5. The molecule has 1 rings (SSSR count). The van der Waals surface area contributed by atoms with Gasteiger partial charge < -0.3 is 15.5 Å². The fourth-order valence-electron chi connectivity index (χ4n) is 1.13. The van der Waals surface area contributed by atoms with Gasteiger partial charge in [0, 0.05) is 18.3 Å². The van der Waals surface area contributed by atoms with Crippen molar-refractivity contribution in [3.8, 4) is 5.75 Å². The van der Waals surface area contributed by atoms with Gasteiger partial charge in [0.05, 0.1) is 12.0 Å². The van der Waals surface area contributed by atoms with Gasteiger partial charge in [-0.3, -0.25) is 0 Å². The summed E-state index contributed by atoms with van der Waals surface area (Å²) >= 11 is 5.42. The number of phenols is 1. The van der Waals surface area contributed by atoms with E-state index in [2.05, 4.69) is 5.32 Å². The van der Waals surface area contributed by atoms with E-state index in [0.717, 1.165) is 0 Å². The second kappa shape index (κ2) is 5.19. The van der Waals surface area contributed by atoms with Crippen molar-refractivity contribution >= 4 is 17.3 Å². The molecule has 0 saturated heterocycles. The number of phenolic OH excluding ortho intramolecular Hbond substituents is 1. The van der Waals surface area contributed by atoms with Crippen LogP contribution in [-0.2, 0) is 0 Å². The first kappa shape index (κ1) is 12.1.